The van der Waals surface area contributed by atoms with Gasteiger partial charge < -0.3 is 18.9 Å². The average Bonchev–Trinajstić information content (AvgIpc) is 1.60. The summed E-state index contributed by atoms with van der Waals surface area (Å²) in [6, 6.07) is 27.2. The molecule has 8 heteroatoms. The number of unbranched alkanes of at least 4 members (excludes halogenated alkanes) is 48. The number of hydrogen-bond acceptors (Lipinski definition) is 8. The SMILES string of the molecule is CCCCCCCCCCC(CCCCCCCC)COc1cc2c(cc1OCC(CCCCCCCC)CCCCCCCCCC)c1cc(-c3cc(C)cc(-c4cc5c6cc(OCC(CCCCCCCC)CCCCCCCCCC)c(OCC(CCCCCCCC)CCCCCCCCCC)cc6c6ccsc6c5s4)c3)sc1c1sccc21. The number of aryl methyl sites for hydroxylation is 1. The van der Waals surface area contributed by atoms with Gasteiger partial charge in [0.05, 0.1) is 45.2 Å². The molecule has 123 heavy (non-hydrogen) atoms. The number of fused-ring (bicyclic) bond motifs is 12. The molecule has 9 aromatic rings. The molecule has 0 spiro atoms. The van der Waals surface area contributed by atoms with E-state index in [9.17, 15) is 0 Å². The topological polar surface area (TPSA) is 36.9 Å². The van der Waals surface area contributed by atoms with Crippen LogP contribution in [0, 0.1) is 30.6 Å². The zero-order valence-electron chi connectivity index (χ0n) is 80.7. The van der Waals surface area contributed by atoms with Crippen molar-refractivity contribution in [2.24, 2.45) is 23.7 Å². The van der Waals surface area contributed by atoms with E-state index in [1.807, 2.05) is 45.3 Å². The first kappa shape index (κ1) is 102. The first-order valence-electron chi connectivity index (χ1n) is 53.2. The molecule has 0 aliphatic heterocycles. The lowest BCUT2D eigenvalue weighted by molar-refractivity contribution is 0.192. The van der Waals surface area contributed by atoms with Crippen molar-refractivity contribution in [1.29, 1.82) is 0 Å². The van der Waals surface area contributed by atoms with Crippen molar-refractivity contribution in [2.75, 3.05) is 26.4 Å². The number of ether oxygens (including phenoxy) is 4. The molecule has 688 valence electrons. The summed E-state index contributed by atoms with van der Waals surface area (Å²) in [5.41, 5.74) is 3.89. The van der Waals surface area contributed by atoms with Gasteiger partial charge in [0.25, 0.3) is 0 Å². The van der Waals surface area contributed by atoms with Gasteiger partial charge in [-0.1, -0.05) is 427 Å². The highest BCUT2D eigenvalue weighted by atomic mass is 32.1. The molecular formula is C115H180O4S4. The van der Waals surface area contributed by atoms with Crippen LogP contribution in [-0.2, 0) is 0 Å². The van der Waals surface area contributed by atoms with Gasteiger partial charge in [0.1, 0.15) is 0 Å². The quantitative estimate of drug-likeness (QED) is 0.0356. The Labute approximate surface area is 770 Å². The smallest absolute Gasteiger partial charge is 0.161 e. The lowest BCUT2D eigenvalue weighted by Gasteiger charge is -2.22. The monoisotopic (exact) mass is 1750 g/mol. The second-order valence-electron chi connectivity index (χ2n) is 38.8. The standard InChI is InChI=1S/C115H180O4S4/c1-10-18-26-34-42-46-54-62-70-92(66-58-50-38-30-22-14-5)87-116-106-81-100-98-74-76-120-112(98)114-104(102(100)83-108(106)118-89-94(68-60-52-40-32-24-16-7)72-64-56-48-44-36-28-20-12-3)85-110(122-114)96-78-91(9)79-97(80-96)111-86-105-103-84-109(119-90-95(69-61-53-41-33-25-17-8)73-65-57-49-45-37-29-21-13-4)107(82-101(103)99-75-77-121-113(99)115(105)123-111)117-88-93(67-59-51-39-31-23-15-6)71-63-55-47-43-35-27-19-11-2/h74-86,92-95H,10-73,87-90H2,1-9H3. The van der Waals surface area contributed by atoms with E-state index in [1.54, 1.807) is 0 Å². The minimum atomic E-state index is 0.535. The van der Waals surface area contributed by atoms with Crippen LogP contribution in [0.3, 0.4) is 0 Å². The molecule has 0 saturated heterocycles. The van der Waals surface area contributed by atoms with E-state index in [1.165, 1.54) is 499 Å². The molecule has 0 bridgehead atoms. The molecule has 0 N–H and O–H groups in total. The molecule has 0 saturated carbocycles. The Morgan fingerprint density at radius 1 is 0.211 bits per heavy atom. The van der Waals surface area contributed by atoms with E-state index < -0.39 is 0 Å². The molecular weight excluding hydrogens is 1570 g/mol. The third-order valence-corrected chi connectivity index (χ3v) is 32.3. The minimum Gasteiger partial charge on any atom is -0.489 e. The summed E-state index contributed by atoms with van der Waals surface area (Å²) in [5.74, 6) is 5.98. The van der Waals surface area contributed by atoms with Gasteiger partial charge in [-0.2, -0.15) is 0 Å². The average molecular weight is 1750 g/mol. The van der Waals surface area contributed by atoms with Gasteiger partial charge in [-0.25, -0.2) is 0 Å². The molecule has 4 heterocycles. The van der Waals surface area contributed by atoms with Crippen LogP contribution in [0.4, 0.5) is 0 Å². The summed E-state index contributed by atoms with van der Waals surface area (Å²) in [4.78, 5) is 2.65. The Morgan fingerprint density at radius 2 is 0.415 bits per heavy atom. The van der Waals surface area contributed by atoms with Gasteiger partial charge >= 0.3 is 0 Å². The fourth-order valence-electron chi connectivity index (χ4n) is 19.9. The zero-order valence-corrected chi connectivity index (χ0v) is 83.9. The van der Waals surface area contributed by atoms with E-state index in [-0.39, 0.29) is 0 Å². The molecule has 0 aliphatic carbocycles. The second kappa shape index (κ2) is 62.8. The van der Waals surface area contributed by atoms with Gasteiger partial charge in [0, 0.05) is 31.3 Å². The van der Waals surface area contributed by atoms with E-state index in [2.05, 4.69) is 140 Å². The maximum atomic E-state index is 7.46. The van der Waals surface area contributed by atoms with Crippen LogP contribution in [0.1, 0.15) is 472 Å². The Balaban J connectivity index is 1.07. The lowest BCUT2D eigenvalue weighted by Crippen LogP contribution is -2.15. The fraction of sp³-hybridized carbons (Fsp3) is 0.704. The largest absolute Gasteiger partial charge is 0.489 e. The van der Waals surface area contributed by atoms with Crippen molar-refractivity contribution in [3.8, 4) is 43.9 Å². The van der Waals surface area contributed by atoms with Crippen molar-refractivity contribution >= 4 is 107 Å². The fourth-order valence-corrected chi connectivity index (χ4v) is 24.4. The van der Waals surface area contributed by atoms with Crippen LogP contribution in [0.2, 0.25) is 0 Å². The normalized spacial score (nSPS) is 13.0. The Kier molecular flexibility index (Phi) is 52.3. The van der Waals surface area contributed by atoms with Crippen molar-refractivity contribution in [2.45, 2.75) is 473 Å². The van der Waals surface area contributed by atoms with Crippen LogP contribution < -0.4 is 18.9 Å². The van der Waals surface area contributed by atoms with Crippen LogP contribution >= 0.6 is 45.3 Å². The predicted octanol–water partition coefficient (Wildman–Crippen LogP) is 41.6. The molecule has 4 aromatic heterocycles. The Hall–Kier alpha value is -4.34. The van der Waals surface area contributed by atoms with Crippen LogP contribution in [-0.4, -0.2) is 26.4 Å². The summed E-state index contributed by atoms with van der Waals surface area (Å²) in [6.07, 6.45) is 85.6. The highest BCUT2D eigenvalue weighted by molar-refractivity contribution is 7.29. The molecule has 0 amide bonds. The van der Waals surface area contributed by atoms with Gasteiger partial charge in [-0.05, 0) is 186 Å². The highest BCUT2D eigenvalue weighted by Gasteiger charge is 2.25. The third kappa shape index (κ3) is 36.5. The highest BCUT2D eigenvalue weighted by Crippen LogP contribution is 2.51. The lowest BCUT2D eigenvalue weighted by atomic mass is 9.94. The molecule has 0 aliphatic rings. The predicted molar refractivity (Wildman–Crippen MR) is 555 cm³/mol. The van der Waals surface area contributed by atoms with E-state index in [4.69, 9.17) is 18.9 Å². The van der Waals surface area contributed by atoms with Crippen LogP contribution in [0.15, 0.2) is 77.5 Å². The van der Waals surface area contributed by atoms with Crippen molar-refractivity contribution in [3.63, 3.8) is 0 Å². The third-order valence-electron chi connectivity index (χ3n) is 27.8. The Bertz CT molecular complexity index is 3940. The van der Waals surface area contributed by atoms with Crippen molar-refractivity contribution in [1.82, 2.24) is 0 Å². The molecule has 4 nitrogen and oxygen atoms in total. The van der Waals surface area contributed by atoms with Crippen LogP contribution in [0.5, 0.6) is 23.0 Å². The van der Waals surface area contributed by atoms with Crippen LogP contribution in [0.25, 0.3) is 82.8 Å². The number of rotatable bonds is 78. The molecule has 4 unspecified atom stereocenters. The first-order chi connectivity index (χ1) is 60.7. The summed E-state index contributed by atoms with van der Waals surface area (Å²) in [6.45, 7) is 24.1. The molecule has 9 rings (SSSR count). The maximum absolute atomic E-state index is 7.46. The summed E-state index contributed by atoms with van der Waals surface area (Å²) in [5, 5.41) is 15.2. The Morgan fingerprint density at radius 3 is 0.634 bits per heavy atom. The summed E-state index contributed by atoms with van der Waals surface area (Å²) < 4.78 is 35.3. The van der Waals surface area contributed by atoms with E-state index in [0.717, 1.165) is 49.4 Å². The minimum absolute atomic E-state index is 0.535. The molecule has 4 atom stereocenters. The van der Waals surface area contributed by atoms with Gasteiger partial charge in [0.2, 0.25) is 0 Å². The van der Waals surface area contributed by atoms with Gasteiger partial charge in [-0.15, -0.1) is 45.3 Å². The first-order valence-corrected chi connectivity index (χ1v) is 56.6. The van der Waals surface area contributed by atoms with Gasteiger partial charge in [-0.3, -0.25) is 0 Å². The van der Waals surface area contributed by atoms with Crippen molar-refractivity contribution in [3.05, 3.63) is 83.1 Å². The number of hydrogen-bond donors (Lipinski definition) is 0. The zero-order chi connectivity index (χ0) is 86.4. The van der Waals surface area contributed by atoms with E-state index >= 15 is 0 Å². The molecule has 0 radical (unpaired) electrons. The second-order valence-corrected chi connectivity index (χ2v) is 42.7. The summed E-state index contributed by atoms with van der Waals surface area (Å²) >= 11 is 7.81. The molecule has 0 fully saturated rings. The molecule has 5 aromatic carbocycles. The van der Waals surface area contributed by atoms with E-state index in [0.29, 0.717) is 23.7 Å². The maximum Gasteiger partial charge on any atom is 0.161 e. The number of thiophene rings is 4. The summed E-state index contributed by atoms with van der Waals surface area (Å²) in [7, 11) is 0. The van der Waals surface area contributed by atoms with Gasteiger partial charge in [0.15, 0.2) is 23.0 Å². The number of benzene rings is 5. The van der Waals surface area contributed by atoms with Crippen molar-refractivity contribution < 1.29 is 18.9 Å².